The minimum Gasteiger partial charge on any atom is -0.479 e. The molecule has 6 heteroatoms. The molecule has 0 spiro atoms. The van der Waals surface area contributed by atoms with Crippen LogP contribution >= 0.6 is 11.6 Å². The fourth-order valence-corrected chi connectivity index (χ4v) is 3.33. The van der Waals surface area contributed by atoms with Gasteiger partial charge in [0.15, 0.2) is 6.10 Å². The number of aryl methyl sites for hydroxylation is 1. The maximum absolute atomic E-state index is 14.1. The number of carbonyl (C=O) groups is 1. The first kappa shape index (κ1) is 20.2. The molecule has 4 nitrogen and oxygen atoms in total. The Morgan fingerprint density at radius 3 is 2.39 bits per heavy atom. The van der Waals surface area contributed by atoms with Crippen molar-refractivity contribution in [2.45, 2.75) is 39.4 Å². The lowest BCUT2D eigenvalue weighted by Gasteiger charge is -2.28. The molecule has 1 aromatic heterocycles. The number of ether oxygens (including phenoxy) is 1. The average molecular weight is 402 g/mol. The van der Waals surface area contributed by atoms with Crippen molar-refractivity contribution >= 4 is 28.5 Å². The number of hydrogen-bond donors (Lipinski definition) is 1. The summed E-state index contributed by atoms with van der Waals surface area (Å²) in [7, 11) is 0. The van der Waals surface area contributed by atoms with Crippen molar-refractivity contribution in [3.05, 3.63) is 64.6 Å². The number of aromatic nitrogens is 1. The van der Waals surface area contributed by atoms with Gasteiger partial charge in [0.25, 0.3) is 0 Å². The van der Waals surface area contributed by atoms with Crippen LogP contribution < -0.4 is 0 Å². The zero-order valence-electron chi connectivity index (χ0n) is 16.1. The summed E-state index contributed by atoms with van der Waals surface area (Å²) in [6.07, 6.45) is -1.26. The summed E-state index contributed by atoms with van der Waals surface area (Å²) in [5, 5.41) is 11.0. The quantitative estimate of drug-likeness (QED) is 0.587. The van der Waals surface area contributed by atoms with Crippen LogP contribution in [0.25, 0.3) is 22.0 Å². The monoisotopic (exact) mass is 401 g/mol. The molecular formula is C22H21ClFNO3. The molecule has 146 valence electrons. The standard InChI is InChI=1S/C22H21ClFNO3/c1-12-18(20(21(26)27)28-22(2,3)4)19(13-5-7-14(23)8-6-13)16-11-15(24)9-10-17(16)25-12/h5-11,20H,1-4H3,(H,26,27)/t20-/m0/s1. The van der Waals surface area contributed by atoms with Gasteiger partial charge in [-0.15, -0.1) is 0 Å². The van der Waals surface area contributed by atoms with Crippen molar-refractivity contribution < 1.29 is 19.0 Å². The Morgan fingerprint density at radius 1 is 1.18 bits per heavy atom. The van der Waals surface area contributed by atoms with E-state index < -0.39 is 23.5 Å². The maximum atomic E-state index is 14.1. The molecule has 0 aliphatic carbocycles. The third-order valence-corrected chi connectivity index (χ3v) is 4.52. The zero-order chi connectivity index (χ0) is 20.6. The van der Waals surface area contributed by atoms with E-state index >= 15 is 0 Å². The highest BCUT2D eigenvalue weighted by Crippen LogP contribution is 2.39. The molecule has 0 aliphatic rings. The number of halogens is 2. The number of carboxylic acid groups (broad SMARTS) is 1. The highest BCUT2D eigenvalue weighted by atomic mass is 35.5. The van der Waals surface area contributed by atoms with E-state index in [4.69, 9.17) is 16.3 Å². The number of carboxylic acids is 1. The summed E-state index contributed by atoms with van der Waals surface area (Å²) in [6, 6.07) is 11.3. The maximum Gasteiger partial charge on any atom is 0.337 e. The van der Waals surface area contributed by atoms with Gasteiger partial charge in [0.2, 0.25) is 0 Å². The molecule has 1 N–H and O–H groups in total. The Morgan fingerprint density at radius 2 is 1.82 bits per heavy atom. The fourth-order valence-electron chi connectivity index (χ4n) is 3.21. The molecular weight excluding hydrogens is 381 g/mol. The SMILES string of the molecule is Cc1nc2ccc(F)cc2c(-c2ccc(Cl)cc2)c1[C@H](OC(C)(C)C)C(=O)O. The Kier molecular flexibility index (Phi) is 5.41. The van der Waals surface area contributed by atoms with E-state index in [0.29, 0.717) is 38.3 Å². The average Bonchev–Trinajstić information content (AvgIpc) is 2.59. The van der Waals surface area contributed by atoms with Crippen molar-refractivity contribution in [1.29, 1.82) is 0 Å². The molecule has 1 heterocycles. The summed E-state index contributed by atoms with van der Waals surface area (Å²) in [4.78, 5) is 16.6. The predicted molar refractivity (Wildman–Crippen MR) is 108 cm³/mol. The Balaban J connectivity index is 2.40. The summed E-state index contributed by atoms with van der Waals surface area (Å²) >= 11 is 6.02. The second-order valence-electron chi connectivity index (χ2n) is 7.60. The van der Waals surface area contributed by atoms with Crippen molar-refractivity contribution in [1.82, 2.24) is 4.98 Å². The molecule has 0 amide bonds. The van der Waals surface area contributed by atoms with Crippen LogP contribution in [0.15, 0.2) is 42.5 Å². The Labute approximate surface area is 167 Å². The lowest BCUT2D eigenvalue weighted by Crippen LogP contribution is -2.28. The van der Waals surface area contributed by atoms with Crippen LogP contribution in [0.3, 0.4) is 0 Å². The van der Waals surface area contributed by atoms with Crippen LogP contribution in [0.2, 0.25) is 5.02 Å². The number of aliphatic carboxylic acids is 1. The Bertz CT molecular complexity index is 1040. The van der Waals surface area contributed by atoms with Crippen molar-refractivity contribution in [3.8, 4) is 11.1 Å². The number of fused-ring (bicyclic) bond motifs is 1. The van der Waals surface area contributed by atoms with E-state index in [2.05, 4.69) is 4.98 Å². The first-order valence-corrected chi connectivity index (χ1v) is 9.21. The van der Waals surface area contributed by atoms with E-state index in [0.717, 1.165) is 0 Å². The van der Waals surface area contributed by atoms with Crippen LogP contribution in [-0.4, -0.2) is 21.7 Å². The van der Waals surface area contributed by atoms with Crippen LogP contribution in [-0.2, 0) is 9.53 Å². The van der Waals surface area contributed by atoms with Gasteiger partial charge in [-0.05, 0) is 69.2 Å². The van der Waals surface area contributed by atoms with Gasteiger partial charge in [-0.1, -0.05) is 23.7 Å². The van der Waals surface area contributed by atoms with E-state index in [1.165, 1.54) is 12.1 Å². The second kappa shape index (κ2) is 7.49. The third kappa shape index (κ3) is 4.16. The lowest BCUT2D eigenvalue weighted by atomic mass is 9.91. The molecule has 0 unspecified atom stereocenters. The number of rotatable bonds is 4. The molecule has 3 aromatic rings. The first-order chi connectivity index (χ1) is 13.1. The van der Waals surface area contributed by atoms with E-state index in [1.807, 2.05) is 0 Å². The predicted octanol–water partition coefficient (Wildman–Crippen LogP) is 5.94. The molecule has 2 aromatic carbocycles. The summed E-state index contributed by atoms with van der Waals surface area (Å²) < 4.78 is 19.9. The minimum atomic E-state index is -1.26. The van der Waals surface area contributed by atoms with Crippen LogP contribution in [0.4, 0.5) is 4.39 Å². The number of nitrogens with zero attached hydrogens (tertiary/aromatic N) is 1. The smallest absolute Gasteiger partial charge is 0.337 e. The largest absolute Gasteiger partial charge is 0.479 e. The minimum absolute atomic E-state index is 0.405. The first-order valence-electron chi connectivity index (χ1n) is 8.83. The van der Waals surface area contributed by atoms with E-state index in [1.54, 1.807) is 58.0 Å². The van der Waals surface area contributed by atoms with E-state index in [9.17, 15) is 14.3 Å². The van der Waals surface area contributed by atoms with Gasteiger partial charge in [-0.3, -0.25) is 4.98 Å². The van der Waals surface area contributed by atoms with Gasteiger partial charge in [0, 0.05) is 21.7 Å². The van der Waals surface area contributed by atoms with Crippen LogP contribution in [0, 0.1) is 12.7 Å². The number of pyridine rings is 1. The lowest BCUT2D eigenvalue weighted by molar-refractivity contribution is -0.160. The molecule has 0 fully saturated rings. The molecule has 28 heavy (non-hydrogen) atoms. The van der Waals surface area contributed by atoms with Crippen molar-refractivity contribution in [2.75, 3.05) is 0 Å². The topological polar surface area (TPSA) is 59.4 Å². The third-order valence-electron chi connectivity index (χ3n) is 4.27. The zero-order valence-corrected chi connectivity index (χ0v) is 16.8. The van der Waals surface area contributed by atoms with Gasteiger partial charge in [-0.25, -0.2) is 9.18 Å². The molecule has 0 bridgehead atoms. The molecule has 0 saturated carbocycles. The van der Waals surface area contributed by atoms with Crippen LogP contribution in [0.5, 0.6) is 0 Å². The molecule has 0 aliphatic heterocycles. The van der Waals surface area contributed by atoms with Crippen molar-refractivity contribution in [3.63, 3.8) is 0 Å². The van der Waals surface area contributed by atoms with Crippen molar-refractivity contribution in [2.24, 2.45) is 0 Å². The normalized spacial score (nSPS) is 12.9. The van der Waals surface area contributed by atoms with Gasteiger partial charge in [-0.2, -0.15) is 0 Å². The van der Waals surface area contributed by atoms with Gasteiger partial charge in [0.1, 0.15) is 5.82 Å². The number of hydrogen-bond acceptors (Lipinski definition) is 3. The number of benzene rings is 2. The van der Waals surface area contributed by atoms with Gasteiger partial charge in [0.05, 0.1) is 11.1 Å². The van der Waals surface area contributed by atoms with Crippen LogP contribution in [0.1, 0.15) is 38.1 Å². The van der Waals surface area contributed by atoms with E-state index in [-0.39, 0.29) is 0 Å². The Hall–Kier alpha value is -2.50. The summed E-state index contributed by atoms with van der Waals surface area (Å²) in [5.41, 5.74) is 2.08. The summed E-state index contributed by atoms with van der Waals surface area (Å²) in [5.74, 6) is -1.56. The highest BCUT2D eigenvalue weighted by Gasteiger charge is 2.32. The molecule has 3 rings (SSSR count). The molecule has 0 saturated heterocycles. The fraction of sp³-hybridized carbons (Fsp3) is 0.273. The summed E-state index contributed by atoms with van der Waals surface area (Å²) in [6.45, 7) is 7.09. The van der Waals surface area contributed by atoms with Gasteiger partial charge >= 0.3 is 5.97 Å². The van der Waals surface area contributed by atoms with Gasteiger partial charge < -0.3 is 9.84 Å². The molecule has 0 radical (unpaired) electrons. The molecule has 1 atom stereocenters. The highest BCUT2D eigenvalue weighted by molar-refractivity contribution is 6.30. The second-order valence-corrected chi connectivity index (χ2v) is 8.04.